The zero-order valence-corrected chi connectivity index (χ0v) is 12.5. The highest BCUT2D eigenvalue weighted by Crippen LogP contribution is 2.33. The standard InChI is InChI=1S/C18H18OS/c1-12(2)13-7-9-14(10-8-13)18(19)16-11-20-17-6-4-3-5-15(16)17/h3-12,18-19H,1-2H3. The Labute approximate surface area is 123 Å². The fourth-order valence-electron chi connectivity index (χ4n) is 2.45. The maximum Gasteiger partial charge on any atom is 0.105 e. The van der Waals surface area contributed by atoms with Gasteiger partial charge in [-0.3, -0.25) is 0 Å². The Bertz CT molecular complexity index is 710. The van der Waals surface area contributed by atoms with Gasteiger partial charge < -0.3 is 5.11 Å². The second-order valence-electron chi connectivity index (χ2n) is 5.41. The van der Waals surface area contributed by atoms with Crippen molar-refractivity contribution in [3.63, 3.8) is 0 Å². The molecule has 3 rings (SSSR count). The molecule has 3 aromatic rings. The summed E-state index contributed by atoms with van der Waals surface area (Å²) in [5, 5.41) is 13.8. The molecule has 1 N–H and O–H groups in total. The van der Waals surface area contributed by atoms with E-state index in [0.29, 0.717) is 5.92 Å². The van der Waals surface area contributed by atoms with E-state index >= 15 is 0 Å². The Morgan fingerprint density at radius 1 is 0.900 bits per heavy atom. The predicted octanol–water partition coefficient (Wildman–Crippen LogP) is 5.11. The van der Waals surface area contributed by atoms with Gasteiger partial charge in [0.05, 0.1) is 0 Å². The third-order valence-corrected chi connectivity index (χ3v) is 4.71. The first kappa shape index (κ1) is 13.3. The van der Waals surface area contributed by atoms with Gasteiger partial charge in [0, 0.05) is 10.3 Å². The van der Waals surface area contributed by atoms with Crippen LogP contribution in [0.5, 0.6) is 0 Å². The first-order chi connectivity index (χ1) is 9.66. The van der Waals surface area contributed by atoms with Gasteiger partial charge in [-0.15, -0.1) is 11.3 Å². The van der Waals surface area contributed by atoms with Gasteiger partial charge >= 0.3 is 0 Å². The molecule has 2 aromatic carbocycles. The summed E-state index contributed by atoms with van der Waals surface area (Å²) >= 11 is 1.68. The summed E-state index contributed by atoms with van der Waals surface area (Å²) in [6.07, 6.45) is -0.549. The first-order valence-electron chi connectivity index (χ1n) is 6.91. The summed E-state index contributed by atoms with van der Waals surface area (Å²) in [6.45, 7) is 4.36. The average Bonchev–Trinajstić information content (AvgIpc) is 2.90. The molecule has 0 bridgehead atoms. The van der Waals surface area contributed by atoms with Crippen molar-refractivity contribution in [1.82, 2.24) is 0 Å². The van der Waals surface area contributed by atoms with Crippen LogP contribution in [0.15, 0.2) is 53.9 Å². The third kappa shape index (κ3) is 2.37. The van der Waals surface area contributed by atoms with Crippen molar-refractivity contribution in [3.05, 3.63) is 70.6 Å². The normalized spacial score (nSPS) is 13.0. The van der Waals surface area contributed by atoms with Gasteiger partial charge in [0.1, 0.15) is 6.10 Å². The monoisotopic (exact) mass is 282 g/mol. The first-order valence-corrected chi connectivity index (χ1v) is 7.79. The van der Waals surface area contributed by atoms with Crippen molar-refractivity contribution in [2.75, 3.05) is 0 Å². The van der Waals surface area contributed by atoms with E-state index in [2.05, 4.69) is 43.5 Å². The zero-order valence-electron chi connectivity index (χ0n) is 11.7. The maximum atomic E-state index is 10.6. The molecule has 0 spiro atoms. The van der Waals surface area contributed by atoms with Crippen LogP contribution >= 0.6 is 11.3 Å². The Morgan fingerprint density at radius 2 is 1.55 bits per heavy atom. The lowest BCUT2D eigenvalue weighted by atomic mass is 9.97. The smallest absolute Gasteiger partial charge is 0.105 e. The van der Waals surface area contributed by atoms with E-state index in [4.69, 9.17) is 0 Å². The third-order valence-electron chi connectivity index (χ3n) is 3.72. The van der Waals surface area contributed by atoms with Crippen molar-refractivity contribution in [3.8, 4) is 0 Å². The van der Waals surface area contributed by atoms with E-state index in [1.54, 1.807) is 11.3 Å². The fourth-order valence-corrected chi connectivity index (χ4v) is 3.43. The van der Waals surface area contributed by atoms with Crippen LogP contribution in [-0.2, 0) is 0 Å². The molecule has 0 aliphatic rings. The molecule has 1 heterocycles. The molecule has 0 saturated heterocycles. The van der Waals surface area contributed by atoms with Crippen LogP contribution in [0.25, 0.3) is 10.1 Å². The van der Waals surface area contributed by atoms with Gasteiger partial charge in [0.2, 0.25) is 0 Å². The van der Waals surface area contributed by atoms with Crippen LogP contribution in [0.3, 0.4) is 0 Å². The van der Waals surface area contributed by atoms with Gasteiger partial charge in [-0.05, 0) is 33.9 Å². The largest absolute Gasteiger partial charge is 0.384 e. The molecule has 0 radical (unpaired) electrons. The highest BCUT2D eigenvalue weighted by atomic mass is 32.1. The van der Waals surface area contributed by atoms with E-state index in [-0.39, 0.29) is 0 Å². The van der Waals surface area contributed by atoms with Crippen molar-refractivity contribution < 1.29 is 5.11 Å². The van der Waals surface area contributed by atoms with Crippen LogP contribution in [0, 0.1) is 0 Å². The van der Waals surface area contributed by atoms with Crippen LogP contribution in [0.4, 0.5) is 0 Å². The minimum atomic E-state index is -0.549. The number of aliphatic hydroxyl groups is 1. The lowest BCUT2D eigenvalue weighted by Gasteiger charge is -2.12. The predicted molar refractivity (Wildman–Crippen MR) is 86.4 cm³/mol. The molecule has 1 aromatic heterocycles. The Hall–Kier alpha value is -1.64. The molecule has 1 atom stereocenters. The van der Waals surface area contributed by atoms with E-state index in [9.17, 15) is 5.11 Å². The van der Waals surface area contributed by atoms with Gasteiger partial charge in [0.25, 0.3) is 0 Å². The van der Waals surface area contributed by atoms with E-state index < -0.39 is 6.10 Å². The van der Waals surface area contributed by atoms with Gasteiger partial charge in [-0.2, -0.15) is 0 Å². The summed E-state index contributed by atoms with van der Waals surface area (Å²) in [5.74, 6) is 0.517. The topological polar surface area (TPSA) is 20.2 Å². The van der Waals surface area contributed by atoms with E-state index in [1.165, 1.54) is 10.3 Å². The molecule has 0 fully saturated rings. The lowest BCUT2D eigenvalue weighted by Crippen LogP contribution is -1.99. The molecule has 0 amide bonds. The van der Waals surface area contributed by atoms with Gasteiger partial charge in [-0.25, -0.2) is 0 Å². The summed E-state index contributed by atoms with van der Waals surface area (Å²) in [7, 11) is 0. The molecule has 0 aliphatic carbocycles. The summed E-state index contributed by atoms with van der Waals surface area (Å²) in [4.78, 5) is 0. The number of hydrogen-bond acceptors (Lipinski definition) is 2. The second kappa shape index (κ2) is 5.39. The van der Waals surface area contributed by atoms with Crippen LogP contribution in [0.1, 0.15) is 42.6 Å². The number of aliphatic hydroxyl groups excluding tert-OH is 1. The van der Waals surface area contributed by atoms with Crippen molar-refractivity contribution in [2.24, 2.45) is 0 Å². The highest BCUT2D eigenvalue weighted by molar-refractivity contribution is 7.17. The van der Waals surface area contributed by atoms with E-state index in [1.807, 2.05) is 24.3 Å². The SMILES string of the molecule is CC(C)c1ccc(C(O)c2csc3ccccc23)cc1. The van der Waals surface area contributed by atoms with E-state index in [0.717, 1.165) is 16.5 Å². The lowest BCUT2D eigenvalue weighted by molar-refractivity contribution is 0.222. The molecule has 1 unspecified atom stereocenters. The average molecular weight is 282 g/mol. The Morgan fingerprint density at radius 3 is 2.25 bits per heavy atom. The second-order valence-corrected chi connectivity index (χ2v) is 6.32. The number of rotatable bonds is 3. The summed E-state index contributed by atoms with van der Waals surface area (Å²) in [5.41, 5.74) is 3.26. The van der Waals surface area contributed by atoms with Crippen molar-refractivity contribution in [2.45, 2.75) is 25.9 Å². The highest BCUT2D eigenvalue weighted by Gasteiger charge is 2.15. The quantitative estimate of drug-likeness (QED) is 0.708. The minimum absolute atomic E-state index is 0.517. The Kier molecular flexibility index (Phi) is 3.60. The minimum Gasteiger partial charge on any atom is -0.384 e. The molecular weight excluding hydrogens is 264 g/mol. The number of thiophene rings is 1. The summed E-state index contributed by atoms with van der Waals surface area (Å²) < 4.78 is 1.22. The maximum absolute atomic E-state index is 10.6. The Balaban J connectivity index is 1.97. The number of fused-ring (bicyclic) bond motifs is 1. The molecule has 1 nitrogen and oxygen atoms in total. The molecule has 0 saturated carbocycles. The molecular formula is C18H18OS. The van der Waals surface area contributed by atoms with Gasteiger partial charge in [0.15, 0.2) is 0 Å². The van der Waals surface area contributed by atoms with Crippen molar-refractivity contribution in [1.29, 1.82) is 0 Å². The number of hydrogen-bond donors (Lipinski definition) is 1. The van der Waals surface area contributed by atoms with Crippen LogP contribution < -0.4 is 0 Å². The van der Waals surface area contributed by atoms with Crippen LogP contribution in [-0.4, -0.2) is 5.11 Å². The van der Waals surface area contributed by atoms with Crippen molar-refractivity contribution >= 4 is 21.4 Å². The molecule has 0 aliphatic heterocycles. The zero-order chi connectivity index (χ0) is 14.1. The summed E-state index contributed by atoms with van der Waals surface area (Å²) in [6, 6.07) is 16.5. The van der Waals surface area contributed by atoms with Gasteiger partial charge in [-0.1, -0.05) is 56.3 Å². The molecule has 2 heteroatoms. The fraction of sp³-hybridized carbons (Fsp3) is 0.222. The van der Waals surface area contributed by atoms with Crippen LogP contribution in [0.2, 0.25) is 0 Å². The molecule has 102 valence electrons. The number of benzene rings is 2. The molecule has 20 heavy (non-hydrogen) atoms.